The zero-order chi connectivity index (χ0) is 15.4. The van der Waals surface area contributed by atoms with Gasteiger partial charge in [0.15, 0.2) is 11.6 Å². The molecule has 2 rings (SSSR count). The highest BCUT2D eigenvalue weighted by molar-refractivity contribution is 5.67. The molecular weight excluding hydrogens is 276 g/mol. The quantitative estimate of drug-likeness (QED) is 0.642. The first-order valence-corrected chi connectivity index (χ1v) is 6.48. The van der Waals surface area contributed by atoms with Gasteiger partial charge in [-0.2, -0.15) is 0 Å². The van der Waals surface area contributed by atoms with Crippen LogP contribution in [0, 0.1) is 10.1 Å². The minimum Gasteiger partial charge on any atom is -0.496 e. The third-order valence-electron chi connectivity index (χ3n) is 3.05. The summed E-state index contributed by atoms with van der Waals surface area (Å²) in [5.74, 6) is 1.32. The molecule has 0 saturated carbocycles. The number of non-ortho nitro benzene ring substituents is 1. The lowest BCUT2D eigenvalue weighted by Crippen LogP contribution is -2.06. The molecule has 0 aliphatic carbocycles. The van der Waals surface area contributed by atoms with E-state index in [2.05, 4.69) is 10.2 Å². The molecule has 1 aromatic heterocycles. The number of hydrogen-bond donors (Lipinski definition) is 1. The molecule has 8 nitrogen and oxygen atoms in total. The van der Waals surface area contributed by atoms with Crippen molar-refractivity contribution in [1.82, 2.24) is 14.8 Å². The number of aliphatic hydroxyl groups excluding tert-OH is 1. The Morgan fingerprint density at radius 2 is 2.19 bits per heavy atom. The average Bonchev–Trinajstić information content (AvgIpc) is 2.89. The second-order valence-corrected chi connectivity index (χ2v) is 4.39. The molecule has 0 aliphatic rings. The lowest BCUT2D eigenvalue weighted by molar-refractivity contribution is -0.384. The van der Waals surface area contributed by atoms with Crippen molar-refractivity contribution in [3.05, 3.63) is 34.1 Å². The SMILES string of the molecule is CCCn1c(CO)nnc1-c1ccc([N+](=O)[O-])cc1OC. The first kappa shape index (κ1) is 14.9. The number of rotatable bonds is 6. The number of hydrogen-bond acceptors (Lipinski definition) is 6. The molecule has 0 radical (unpaired) electrons. The van der Waals surface area contributed by atoms with E-state index < -0.39 is 4.92 Å². The van der Waals surface area contributed by atoms with Gasteiger partial charge in [0.25, 0.3) is 5.69 Å². The topological polar surface area (TPSA) is 103 Å². The Morgan fingerprint density at radius 3 is 2.76 bits per heavy atom. The number of nitrogens with zero attached hydrogens (tertiary/aromatic N) is 4. The summed E-state index contributed by atoms with van der Waals surface area (Å²) in [4.78, 5) is 10.3. The largest absolute Gasteiger partial charge is 0.496 e. The summed E-state index contributed by atoms with van der Waals surface area (Å²) in [5.41, 5.74) is 0.545. The van der Waals surface area contributed by atoms with Gasteiger partial charge >= 0.3 is 0 Å². The van der Waals surface area contributed by atoms with Gasteiger partial charge in [0.1, 0.15) is 12.4 Å². The van der Waals surface area contributed by atoms with Gasteiger partial charge in [-0.25, -0.2) is 0 Å². The molecule has 0 atom stereocenters. The molecule has 1 heterocycles. The van der Waals surface area contributed by atoms with Crippen molar-refractivity contribution in [1.29, 1.82) is 0 Å². The van der Waals surface area contributed by atoms with Gasteiger partial charge in [-0.15, -0.1) is 10.2 Å². The normalized spacial score (nSPS) is 10.6. The van der Waals surface area contributed by atoms with Crippen LogP contribution in [-0.2, 0) is 13.2 Å². The van der Waals surface area contributed by atoms with E-state index in [4.69, 9.17) is 4.74 Å². The predicted molar refractivity (Wildman–Crippen MR) is 74.9 cm³/mol. The van der Waals surface area contributed by atoms with E-state index >= 15 is 0 Å². The van der Waals surface area contributed by atoms with E-state index in [9.17, 15) is 15.2 Å². The Balaban J connectivity index is 2.56. The Hall–Kier alpha value is -2.48. The Morgan fingerprint density at radius 1 is 1.43 bits per heavy atom. The first-order valence-electron chi connectivity index (χ1n) is 6.48. The number of ether oxygens (including phenoxy) is 1. The molecular formula is C13H16N4O4. The molecule has 0 amide bonds. The van der Waals surface area contributed by atoms with Gasteiger partial charge in [-0.1, -0.05) is 6.92 Å². The summed E-state index contributed by atoms with van der Waals surface area (Å²) < 4.78 is 7.00. The Bertz CT molecular complexity index is 654. The third-order valence-corrected chi connectivity index (χ3v) is 3.05. The minimum atomic E-state index is -0.484. The van der Waals surface area contributed by atoms with Crippen LogP contribution in [0.4, 0.5) is 5.69 Å². The fourth-order valence-corrected chi connectivity index (χ4v) is 2.09. The van der Waals surface area contributed by atoms with Gasteiger partial charge in [0.05, 0.1) is 23.7 Å². The van der Waals surface area contributed by atoms with E-state index in [-0.39, 0.29) is 12.3 Å². The van der Waals surface area contributed by atoms with Crippen LogP contribution in [0.25, 0.3) is 11.4 Å². The second kappa shape index (κ2) is 6.31. The van der Waals surface area contributed by atoms with Crippen LogP contribution >= 0.6 is 0 Å². The van der Waals surface area contributed by atoms with Gasteiger partial charge < -0.3 is 14.4 Å². The van der Waals surface area contributed by atoms with Gasteiger partial charge in [0.2, 0.25) is 0 Å². The van der Waals surface area contributed by atoms with Crippen LogP contribution in [0.1, 0.15) is 19.2 Å². The van der Waals surface area contributed by atoms with Crippen molar-refractivity contribution in [3.63, 3.8) is 0 Å². The average molecular weight is 292 g/mol. The standard InChI is InChI=1S/C13H16N4O4/c1-3-6-16-12(8-18)14-15-13(16)10-5-4-9(17(19)20)7-11(10)21-2/h4-5,7,18H,3,6,8H2,1-2H3. The van der Waals surface area contributed by atoms with Crippen LogP contribution in [0.3, 0.4) is 0 Å². The molecule has 0 fully saturated rings. The zero-order valence-electron chi connectivity index (χ0n) is 11.8. The fourth-order valence-electron chi connectivity index (χ4n) is 2.09. The molecule has 1 N–H and O–H groups in total. The van der Waals surface area contributed by atoms with Crippen LogP contribution in [0.5, 0.6) is 5.75 Å². The fraction of sp³-hybridized carbons (Fsp3) is 0.385. The molecule has 21 heavy (non-hydrogen) atoms. The minimum absolute atomic E-state index is 0.0560. The lowest BCUT2D eigenvalue weighted by atomic mass is 10.1. The van der Waals surface area contributed by atoms with E-state index in [1.807, 2.05) is 6.92 Å². The van der Waals surface area contributed by atoms with Crippen molar-refractivity contribution >= 4 is 5.69 Å². The van der Waals surface area contributed by atoms with E-state index in [1.165, 1.54) is 19.2 Å². The van der Waals surface area contributed by atoms with Gasteiger partial charge in [-0.05, 0) is 12.5 Å². The summed E-state index contributed by atoms with van der Waals surface area (Å²) in [6.07, 6.45) is 0.841. The summed E-state index contributed by atoms with van der Waals surface area (Å²) in [5, 5.41) is 28.1. The van der Waals surface area contributed by atoms with Crippen LogP contribution in [-0.4, -0.2) is 31.9 Å². The summed E-state index contributed by atoms with van der Waals surface area (Å²) >= 11 is 0. The predicted octanol–water partition coefficient (Wildman–Crippen LogP) is 1.76. The van der Waals surface area contributed by atoms with Crippen LogP contribution < -0.4 is 4.74 Å². The summed E-state index contributed by atoms with van der Waals surface area (Å²) in [7, 11) is 1.44. The van der Waals surface area contributed by atoms with Crippen LogP contribution in [0.2, 0.25) is 0 Å². The number of methoxy groups -OCH3 is 1. The number of aliphatic hydroxyl groups is 1. The number of aromatic nitrogens is 3. The van der Waals surface area contributed by atoms with Crippen molar-refractivity contribution in [2.75, 3.05) is 7.11 Å². The number of nitro benzene ring substituents is 1. The highest BCUT2D eigenvalue weighted by Crippen LogP contribution is 2.32. The maximum Gasteiger partial charge on any atom is 0.273 e. The molecule has 1 aromatic carbocycles. The molecule has 2 aromatic rings. The highest BCUT2D eigenvalue weighted by Gasteiger charge is 2.19. The van der Waals surface area contributed by atoms with E-state index in [0.29, 0.717) is 29.5 Å². The Kier molecular flexibility index (Phi) is 4.49. The second-order valence-electron chi connectivity index (χ2n) is 4.39. The van der Waals surface area contributed by atoms with Crippen molar-refractivity contribution in [3.8, 4) is 17.1 Å². The van der Waals surface area contributed by atoms with Crippen LogP contribution in [0.15, 0.2) is 18.2 Å². The molecule has 0 saturated heterocycles. The third kappa shape index (κ3) is 2.84. The maximum atomic E-state index is 10.8. The number of benzene rings is 1. The summed E-state index contributed by atoms with van der Waals surface area (Å²) in [6, 6.07) is 4.31. The zero-order valence-corrected chi connectivity index (χ0v) is 11.8. The van der Waals surface area contributed by atoms with Crippen molar-refractivity contribution < 1.29 is 14.8 Å². The summed E-state index contributed by atoms with van der Waals surface area (Å²) in [6.45, 7) is 2.42. The molecule has 0 bridgehead atoms. The first-order chi connectivity index (χ1) is 10.1. The molecule has 112 valence electrons. The van der Waals surface area contributed by atoms with Gasteiger partial charge in [0, 0.05) is 12.6 Å². The lowest BCUT2D eigenvalue weighted by Gasteiger charge is -2.10. The Labute approximate surface area is 121 Å². The molecule has 8 heteroatoms. The molecule has 0 unspecified atom stereocenters. The monoisotopic (exact) mass is 292 g/mol. The van der Waals surface area contributed by atoms with E-state index in [1.54, 1.807) is 10.6 Å². The van der Waals surface area contributed by atoms with Crippen molar-refractivity contribution in [2.45, 2.75) is 26.5 Å². The molecule has 0 aliphatic heterocycles. The maximum absolute atomic E-state index is 10.8. The van der Waals surface area contributed by atoms with Gasteiger partial charge in [-0.3, -0.25) is 10.1 Å². The highest BCUT2D eigenvalue weighted by atomic mass is 16.6. The number of nitro groups is 1. The molecule has 0 spiro atoms. The van der Waals surface area contributed by atoms with E-state index in [0.717, 1.165) is 6.42 Å². The van der Waals surface area contributed by atoms with Crippen molar-refractivity contribution in [2.24, 2.45) is 0 Å². The smallest absolute Gasteiger partial charge is 0.273 e.